The smallest absolute Gasteiger partial charge is 0.240 e. The molecule has 0 saturated carbocycles. The van der Waals surface area contributed by atoms with Gasteiger partial charge in [0.1, 0.15) is 11.5 Å². The summed E-state index contributed by atoms with van der Waals surface area (Å²) in [7, 11) is 1.63. The Morgan fingerprint density at radius 1 is 1.12 bits per heavy atom. The second-order valence-electron chi connectivity index (χ2n) is 6.02. The Kier molecular flexibility index (Phi) is 5.32. The van der Waals surface area contributed by atoms with E-state index in [0.717, 1.165) is 24.6 Å². The zero-order valence-electron chi connectivity index (χ0n) is 14.3. The van der Waals surface area contributed by atoms with Crippen molar-refractivity contribution >= 4 is 0 Å². The fraction of sp³-hybridized carbons (Fsp3) is 0.529. The highest BCUT2D eigenvalue weighted by Crippen LogP contribution is 2.18. The molecule has 130 valence electrons. The average molecular weight is 333 g/mol. The maximum absolute atomic E-state index is 5.73. The highest BCUT2D eigenvalue weighted by atomic mass is 16.5. The van der Waals surface area contributed by atoms with Crippen LogP contribution in [-0.2, 0) is 17.9 Å². The average Bonchev–Trinajstić information content (AvgIpc) is 3.00. The van der Waals surface area contributed by atoms with Crippen molar-refractivity contribution in [2.45, 2.75) is 39.2 Å². The van der Waals surface area contributed by atoms with Crippen LogP contribution in [0.1, 0.15) is 25.6 Å². The predicted octanol–water partition coefficient (Wildman–Crippen LogP) is 2.27. The molecule has 1 saturated heterocycles. The Bertz CT molecular complexity index is 634. The van der Waals surface area contributed by atoms with Crippen molar-refractivity contribution in [1.82, 2.24) is 15.0 Å². The van der Waals surface area contributed by atoms with Gasteiger partial charge in [0, 0.05) is 13.1 Å². The molecule has 0 radical (unpaired) electrons. The third-order valence-electron chi connectivity index (χ3n) is 3.79. The summed E-state index contributed by atoms with van der Waals surface area (Å²) in [5, 5.41) is 3.97. The highest BCUT2D eigenvalue weighted by Gasteiger charge is 2.23. The van der Waals surface area contributed by atoms with Gasteiger partial charge in [0.05, 0.1) is 25.9 Å². The van der Waals surface area contributed by atoms with Crippen LogP contribution in [0.5, 0.6) is 11.5 Å². The van der Waals surface area contributed by atoms with E-state index in [1.165, 1.54) is 0 Å². The maximum atomic E-state index is 5.73. The van der Waals surface area contributed by atoms with E-state index in [9.17, 15) is 0 Å². The summed E-state index contributed by atoms with van der Waals surface area (Å²) in [5.74, 6) is 2.66. The fourth-order valence-corrected chi connectivity index (χ4v) is 2.84. The normalized spacial score (nSPS) is 21.6. The van der Waals surface area contributed by atoms with Gasteiger partial charge in [-0.25, -0.2) is 0 Å². The van der Waals surface area contributed by atoms with Crippen LogP contribution in [0.25, 0.3) is 0 Å². The molecule has 2 aromatic rings. The van der Waals surface area contributed by atoms with Crippen LogP contribution in [0.4, 0.5) is 0 Å². The van der Waals surface area contributed by atoms with E-state index >= 15 is 0 Å². The van der Waals surface area contributed by atoms with Crippen LogP contribution >= 0.6 is 0 Å². The van der Waals surface area contributed by atoms with Crippen molar-refractivity contribution in [1.29, 1.82) is 0 Å². The third-order valence-corrected chi connectivity index (χ3v) is 3.79. The molecule has 24 heavy (non-hydrogen) atoms. The molecule has 7 nitrogen and oxygen atoms in total. The van der Waals surface area contributed by atoms with Crippen LogP contribution in [0, 0.1) is 0 Å². The lowest BCUT2D eigenvalue weighted by molar-refractivity contribution is -0.0725. The van der Waals surface area contributed by atoms with E-state index in [2.05, 4.69) is 28.9 Å². The molecule has 0 aliphatic carbocycles. The molecule has 7 heteroatoms. The second kappa shape index (κ2) is 7.63. The first-order chi connectivity index (χ1) is 11.6. The van der Waals surface area contributed by atoms with Crippen molar-refractivity contribution in [2.75, 3.05) is 20.2 Å². The number of aromatic nitrogens is 2. The molecule has 2 heterocycles. The minimum absolute atomic E-state index is 0.217. The van der Waals surface area contributed by atoms with E-state index in [1.54, 1.807) is 7.11 Å². The Hall–Kier alpha value is -2.12. The van der Waals surface area contributed by atoms with Gasteiger partial charge < -0.3 is 18.7 Å². The van der Waals surface area contributed by atoms with Gasteiger partial charge in [0.25, 0.3) is 0 Å². The van der Waals surface area contributed by atoms with Gasteiger partial charge in [0.2, 0.25) is 11.7 Å². The van der Waals surface area contributed by atoms with Crippen molar-refractivity contribution in [3.63, 3.8) is 0 Å². The minimum Gasteiger partial charge on any atom is -0.497 e. The van der Waals surface area contributed by atoms with Gasteiger partial charge in [-0.05, 0) is 38.1 Å². The molecule has 0 amide bonds. The van der Waals surface area contributed by atoms with Gasteiger partial charge in [-0.1, -0.05) is 5.16 Å². The number of hydrogen-bond donors (Lipinski definition) is 0. The first-order valence-electron chi connectivity index (χ1n) is 8.08. The molecular formula is C17H23N3O4. The summed E-state index contributed by atoms with van der Waals surface area (Å²) in [4.78, 5) is 6.66. The molecular weight excluding hydrogens is 310 g/mol. The summed E-state index contributed by atoms with van der Waals surface area (Å²) in [6.45, 7) is 6.78. The Balaban J connectivity index is 1.51. The minimum atomic E-state index is 0.217. The monoisotopic (exact) mass is 333 g/mol. The zero-order chi connectivity index (χ0) is 16.9. The molecule has 0 N–H and O–H groups in total. The standard InChI is InChI=1S/C17H23N3O4/c1-12-8-20(9-13(2)23-12)10-17-18-16(19-24-17)11-22-15-6-4-14(21-3)5-7-15/h4-7,12-13H,8-11H2,1-3H3/t12-,13-/m1/s1. The number of methoxy groups -OCH3 is 1. The number of nitrogens with zero attached hydrogens (tertiary/aromatic N) is 3. The summed E-state index contributed by atoms with van der Waals surface area (Å²) in [6.07, 6.45) is 0.434. The van der Waals surface area contributed by atoms with E-state index < -0.39 is 0 Å². The SMILES string of the molecule is COc1ccc(OCc2noc(CN3C[C@@H](C)O[C@H](C)C3)n2)cc1. The predicted molar refractivity (Wildman–Crippen MR) is 86.9 cm³/mol. The van der Waals surface area contributed by atoms with Crippen LogP contribution in [0.2, 0.25) is 0 Å². The molecule has 0 unspecified atom stereocenters. The fourth-order valence-electron chi connectivity index (χ4n) is 2.84. The van der Waals surface area contributed by atoms with E-state index in [-0.39, 0.29) is 18.8 Å². The van der Waals surface area contributed by atoms with Crippen molar-refractivity contribution < 1.29 is 18.7 Å². The lowest BCUT2D eigenvalue weighted by Crippen LogP contribution is -2.44. The van der Waals surface area contributed by atoms with Gasteiger partial charge >= 0.3 is 0 Å². The molecule has 3 rings (SSSR count). The highest BCUT2D eigenvalue weighted by molar-refractivity contribution is 5.31. The topological polar surface area (TPSA) is 69.9 Å². The molecule has 1 aliphatic rings. The Morgan fingerprint density at radius 2 is 1.79 bits per heavy atom. The van der Waals surface area contributed by atoms with E-state index in [0.29, 0.717) is 18.3 Å². The summed E-state index contributed by atoms with van der Waals surface area (Å²) >= 11 is 0. The lowest BCUT2D eigenvalue weighted by Gasteiger charge is -2.34. The van der Waals surface area contributed by atoms with Gasteiger partial charge in [-0.15, -0.1) is 0 Å². The number of hydrogen-bond acceptors (Lipinski definition) is 7. The summed E-state index contributed by atoms with van der Waals surface area (Å²) < 4.78 is 21.8. The largest absolute Gasteiger partial charge is 0.497 e. The van der Waals surface area contributed by atoms with Crippen molar-refractivity contribution in [3.05, 3.63) is 36.0 Å². The number of rotatable bonds is 6. The zero-order valence-corrected chi connectivity index (χ0v) is 14.3. The second-order valence-corrected chi connectivity index (χ2v) is 6.02. The van der Waals surface area contributed by atoms with Gasteiger partial charge in [0.15, 0.2) is 6.61 Å². The molecule has 1 aliphatic heterocycles. The van der Waals surface area contributed by atoms with E-state index in [1.807, 2.05) is 24.3 Å². The number of benzene rings is 1. The number of ether oxygens (including phenoxy) is 3. The Morgan fingerprint density at radius 3 is 2.46 bits per heavy atom. The Labute approximate surface area is 141 Å². The molecule has 2 atom stereocenters. The third kappa shape index (κ3) is 4.46. The van der Waals surface area contributed by atoms with Crippen molar-refractivity contribution in [3.8, 4) is 11.5 Å². The molecule has 1 fully saturated rings. The summed E-state index contributed by atoms with van der Waals surface area (Å²) in [6, 6.07) is 7.38. The molecule has 0 spiro atoms. The van der Waals surface area contributed by atoms with Crippen LogP contribution in [0.3, 0.4) is 0 Å². The van der Waals surface area contributed by atoms with Gasteiger partial charge in [-0.2, -0.15) is 4.98 Å². The van der Waals surface area contributed by atoms with Crippen LogP contribution < -0.4 is 9.47 Å². The maximum Gasteiger partial charge on any atom is 0.240 e. The van der Waals surface area contributed by atoms with Crippen LogP contribution in [-0.4, -0.2) is 47.4 Å². The van der Waals surface area contributed by atoms with Crippen LogP contribution in [0.15, 0.2) is 28.8 Å². The molecule has 0 bridgehead atoms. The van der Waals surface area contributed by atoms with Gasteiger partial charge in [-0.3, -0.25) is 4.90 Å². The molecule has 1 aromatic carbocycles. The number of morpholine rings is 1. The first kappa shape index (κ1) is 16.7. The van der Waals surface area contributed by atoms with Crippen molar-refractivity contribution in [2.24, 2.45) is 0 Å². The summed E-state index contributed by atoms with van der Waals surface area (Å²) in [5.41, 5.74) is 0. The first-order valence-corrected chi connectivity index (χ1v) is 8.08. The van der Waals surface area contributed by atoms with E-state index in [4.69, 9.17) is 18.7 Å². The lowest BCUT2D eigenvalue weighted by atomic mass is 10.2. The molecule has 1 aromatic heterocycles. The quantitative estimate of drug-likeness (QED) is 0.803.